The number of hydrogen-bond donors (Lipinski definition) is 2. The zero-order valence-corrected chi connectivity index (χ0v) is 17.4. The molecule has 0 bridgehead atoms. The smallest absolute Gasteiger partial charge is 0.226 e. The number of aliphatic imine (C=N–C) groups is 1. The van der Waals surface area contributed by atoms with Crippen molar-refractivity contribution < 1.29 is 14.0 Å². The normalized spacial score (nSPS) is 12.7. The monoisotopic (exact) mass is 389 g/mol. The highest BCUT2D eigenvalue weighted by Crippen LogP contribution is 2.19. The third-order valence-corrected chi connectivity index (χ3v) is 4.02. The first kappa shape index (κ1) is 21.5. The largest absolute Gasteiger partial charge is 0.497 e. The molecule has 0 fully saturated rings. The molecular weight excluding hydrogens is 358 g/mol. The number of hydrogen-bond acceptors (Lipinski definition) is 6. The van der Waals surface area contributed by atoms with Crippen molar-refractivity contribution in [2.45, 2.75) is 45.6 Å². The highest BCUT2D eigenvalue weighted by atomic mass is 16.5. The van der Waals surface area contributed by atoms with Crippen LogP contribution in [0.5, 0.6) is 11.5 Å². The summed E-state index contributed by atoms with van der Waals surface area (Å²) in [6.07, 6.45) is 1.58. The van der Waals surface area contributed by atoms with Gasteiger partial charge in [-0.05, 0) is 25.5 Å². The second-order valence-electron chi connectivity index (χ2n) is 6.79. The lowest BCUT2D eigenvalue weighted by Crippen LogP contribution is -2.42. The Hall–Kier alpha value is -2.77. The summed E-state index contributed by atoms with van der Waals surface area (Å²) in [4.78, 5) is 8.62. The van der Waals surface area contributed by atoms with E-state index in [-0.39, 0.29) is 12.0 Å². The van der Waals surface area contributed by atoms with Crippen molar-refractivity contribution in [1.29, 1.82) is 0 Å². The van der Waals surface area contributed by atoms with E-state index < -0.39 is 0 Å². The van der Waals surface area contributed by atoms with Gasteiger partial charge in [0.25, 0.3) is 0 Å². The molecule has 0 spiro atoms. The van der Waals surface area contributed by atoms with Gasteiger partial charge in [-0.15, -0.1) is 0 Å². The lowest BCUT2D eigenvalue weighted by molar-refractivity contribution is 0.223. The van der Waals surface area contributed by atoms with E-state index in [0.29, 0.717) is 12.4 Å². The van der Waals surface area contributed by atoms with Gasteiger partial charge < -0.3 is 24.6 Å². The predicted molar refractivity (Wildman–Crippen MR) is 109 cm³/mol. The Balaban J connectivity index is 1.67. The first-order valence-electron chi connectivity index (χ1n) is 9.59. The van der Waals surface area contributed by atoms with Crippen LogP contribution in [0.1, 0.15) is 44.8 Å². The maximum absolute atomic E-state index is 5.90. The van der Waals surface area contributed by atoms with E-state index in [4.69, 9.17) is 14.0 Å². The Kier molecular flexibility index (Phi) is 8.58. The fraction of sp³-hybridized carbons (Fsp3) is 0.550. The molecule has 1 aromatic heterocycles. The van der Waals surface area contributed by atoms with Crippen molar-refractivity contribution in [3.05, 3.63) is 36.0 Å². The van der Waals surface area contributed by atoms with Crippen LogP contribution in [0.25, 0.3) is 0 Å². The van der Waals surface area contributed by atoms with Crippen LogP contribution >= 0.6 is 0 Å². The molecule has 0 radical (unpaired) electrons. The van der Waals surface area contributed by atoms with E-state index in [0.717, 1.165) is 42.7 Å². The average molecular weight is 390 g/mol. The number of methoxy groups -OCH3 is 1. The molecule has 1 heterocycles. The minimum atomic E-state index is -0.0292. The fourth-order valence-electron chi connectivity index (χ4n) is 2.46. The van der Waals surface area contributed by atoms with Crippen LogP contribution in [-0.4, -0.2) is 49.5 Å². The van der Waals surface area contributed by atoms with Gasteiger partial charge in [-0.3, -0.25) is 4.99 Å². The lowest BCUT2D eigenvalue weighted by Gasteiger charge is -2.18. The zero-order chi connectivity index (χ0) is 20.4. The number of guanidine groups is 1. The molecule has 2 rings (SSSR count). The molecule has 154 valence electrons. The first-order chi connectivity index (χ1) is 13.5. The third-order valence-electron chi connectivity index (χ3n) is 4.02. The molecular formula is C20H31N5O3. The van der Waals surface area contributed by atoms with Crippen LogP contribution < -0.4 is 20.1 Å². The van der Waals surface area contributed by atoms with Gasteiger partial charge in [0, 0.05) is 32.0 Å². The van der Waals surface area contributed by atoms with E-state index in [1.54, 1.807) is 14.2 Å². The molecule has 2 aromatic rings. The van der Waals surface area contributed by atoms with Crippen molar-refractivity contribution in [1.82, 2.24) is 20.8 Å². The fourth-order valence-corrected chi connectivity index (χ4v) is 2.46. The van der Waals surface area contributed by atoms with Crippen molar-refractivity contribution in [2.24, 2.45) is 4.99 Å². The molecule has 0 saturated carbocycles. The van der Waals surface area contributed by atoms with Crippen LogP contribution in [-0.2, 0) is 6.42 Å². The zero-order valence-electron chi connectivity index (χ0n) is 17.4. The molecule has 2 N–H and O–H groups in total. The number of rotatable bonds is 10. The summed E-state index contributed by atoms with van der Waals surface area (Å²) >= 11 is 0. The third kappa shape index (κ3) is 7.09. The van der Waals surface area contributed by atoms with E-state index in [1.165, 1.54) is 0 Å². The molecule has 8 heteroatoms. The van der Waals surface area contributed by atoms with E-state index in [2.05, 4.69) is 25.8 Å². The van der Waals surface area contributed by atoms with Crippen molar-refractivity contribution in [2.75, 3.05) is 27.2 Å². The SMILES string of the molecule is CN=C(NCCCc1nc(C(C)C)no1)NCC(C)Oc1cccc(OC)c1. The Morgan fingerprint density at radius 2 is 2.00 bits per heavy atom. The van der Waals surface area contributed by atoms with Gasteiger partial charge in [0.15, 0.2) is 11.8 Å². The maximum atomic E-state index is 5.90. The summed E-state index contributed by atoms with van der Waals surface area (Å²) < 4.78 is 16.4. The molecule has 1 unspecified atom stereocenters. The number of nitrogens with one attached hydrogen (secondary N) is 2. The Morgan fingerprint density at radius 1 is 1.21 bits per heavy atom. The molecule has 0 aliphatic heterocycles. The minimum Gasteiger partial charge on any atom is -0.497 e. The van der Waals surface area contributed by atoms with Gasteiger partial charge in [-0.25, -0.2) is 0 Å². The lowest BCUT2D eigenvalue weighted by atomic mass is 10.2. The van der Waals surface area contributed by atoms with Crippen molar-refractivity contribution >= 4 is 5.96 Å². The Bertz CT molecular complexity index is 745. The van der Waals surface area contributed by atoms with Crippen LogP contribution in [0.4, 0.5) is 0 Å². The van der Waals surface area contributed by atoms with Gasteiger partial charge in [0.1, 0.15) is 17.6 Å². The summed E-state index contributed by atoms with van der Waals surface area (Å²) in [7, 11) is 3.39. The predicted octanol–water partition coefficient (Wildman–Crippen LogP) is 2.77. The molecule has 0 saturated heterocycles. The van der Waals surface area contributed by atoms with Gasteiger partial charge in [-0.1, -0.05) is 25.1 Å². The summed E-state index contributed by atoms with van der Waals surface area (Å²) in [6.45, 7) is 7.47. The highest BCUT2D eigenvalue weighted by molar-refractivity contribution is 5.79. The second-order valence-corrected chi connectivity index (χ2v) is 6.79. The van der Waals surface area contributed by atoms with Crippen LogP contribution in [0.2, 0.25) is 0 Å². The maximum Gasteiger partial charge on any atom is 0.226 e. The quantitative estimate of drug-likeness (QED) is 0.367. The molecule has 1 aromatic carbocycles. The first-order valence-corrected chi connectivity index (χ1v) is 9.59. The van der Waals surface area contributed by atoms with E-state index in [1.807, 2.05) is 45.0 Å². The van der Waals surface area contributed by atoms with Gasteiger partial charge in [-0.2, -0.15) is 4.98 Å². The van der Waals surface area contributed by atoms with Crippen LogP contribution in [0.3, 0.4) is 0 Å². The van der Waals surface area contributed by atoms with Gasteiger partial charge >= 0.3 is 0 Å². The second kappa shape index (κ2) is 11.2. The van der Waals surface area contributed by atoms with Gasteiger partial charge in [0.05, 0.1) is 13.7 Å². The van der Waals surface area contributed by atoms with Crippen molar-refractivity contribution in [3.63, 3.8) is 0 Å². The van der Waals surface area contributed by atoms with Crippen LogP contribution in [0, 0.1) is 0 Å². The number of aryl methyl sites for hydroxylation is 1. The van der Waals surface area contributed by atoms with E-state index >= 15 is 0 Å². The topological polar surface area (TPSA) is 93.8 Å². The Labute approximate surface area is 166 Å². The molecule has 0 aliphatic rings. The Morgan fingerprint density at radius 3 is 2.68 bits per heavy atom. The molecule has 0 amide bonds. The summed E-state index contributed by atoms with van der Waals surface area (Å²) in [6, 6.07) is 7.57. The number of benzene rings is 1. The van der Waals surface area contributed by atoms with E-state index in [9.17, 15) is 0 Å². The molecule has 0 aliphatic carbocycles. The molecule has 28 heavy (non-hydrogen) atoms. The van der Waals surface area contributed by atoms with Crippen LogP contribution in [0.15, 0.2) is 33.8 Å². The molecule has 1 atom stereocenters. The number of aromatic nitrogens is 2. The molecule has 8 nitrogen and oxygen atoms in total. The standard InChI is InChI=1S/C20H31N5O3/c1-14(2)19-24-18(28-25-19)10-7-11-22-20(21-4)23-13-15(3)27-17-9-6-8-16(12-17)26-5/h6,8-9,12,14-15H,7,10-11,13H2,1-5H3,(H2,21,22,23). The minimum absolute atomic E-state index is 0.0292. The number of nitrogens with zero attached hydrogens (tertiary/aromatic N) is 3. The summed E-state index contributed by atoms with van der Waals surface area (Å²) in [5.41, 5.74) is 0. The average Bonchev–Trinajstić information content (AvgIpc) is 3.17. The highest BCUT2D eigenvalue weighted by Gasteiger charge is 2.10. The van der Waals surface area contributed by atoms with Crippen molar-refractivity contribution in [3.8, 4) is 11.5 Å². The summed E-state index contributed by atoms with van der Waals surface area (Å²) in [5, 5.41) is 10.5. The summed E-state index contributed by atoms with van der Waals surface area (Å²) in [5.74, 6) is 3.99. The number of ether oxygens (including phenoxy) is 2. The van der Waals surface area contributed by atoms with Gasteiger partial charge in [0.2, 0.25) is 5.89 Å².